The van der Waals surface area contributed by atoms with Crippen LogP contribution in [0.1, 0.15) is 5.56 Å². The molecule has 0 spiro atoms. The number of hydrogen-bond donors (Lipinski definition) is 2. The summed E-state index contributed by atoms with van der Waals surface area (Å²) in [5.74, 6) is -0.305. The fraction of sp³-hybridized carbons (Fsp3) is 0.400. The van der Waals surface area contributed by atoms with Crippen molar-refractivity contribution >= 4 is 28.8 Å². The molecule has 2 N–H and O–H groups in total. The highest BCUT2D eigenvalue weighted by Gasteiger charge is 2.18. The monoisotopic (exact) mass is 402 g/mol. The van der Waals surface area contributed by atoms with E-state index in [0.717, 1.165) is 44.0 Å². The molecule has 7 nitrogen and oxygen atoms in total. The van der Waals surface area contributed by atoms with Gasteiger partial charge in [-0.25, -0.2) is 0 Å². The molecular formula is C20H26N4O3S. The number of methoxy groups -OCH3 is 1. The molecule has 3 rings (SSSR count). The van der Waals surface area contributed by atoms with Gasteiger partial charge >= 0.3 is 11.8 Å². The Kier molecular flexibility index (Phi) is 7.27. The minimum absolute atomic E-state index is 0.378. The third kappa shape index (κ3) is 5.71. The molecule has 1 aliphatic heterocycles. The number of piperazine rings is 1. The van der Waals surface area contributed by atoms with Crippen LogP contribution in [0.25, 0.3) is 0 Å². The van der Waals surface area contributed by atoms with E-state index in [2.05, 4.69) is 32.6 Å². The molecule has 0 bridgehead atoms. The van der Waals surface area contributed by atoms with Crippen molar-refractivity contribution in [3.8, 4) is 5.75 Å². The van der Waals surface area contributed by atoms with Crippen LogP contribution in [0.2, 0.25) is 0 Å². The van der Waals surface area contributed by atoms with Gasteiger partial charge in [-0.05, 0) is 46.7 Å². The van der Waals surface area contributed by atoms with Crippen molar-refractivity contribution in [2.45, 2.75) is 6.54 Å². The van der Waals surface area contributed by atoms with E-state index in [0.29, 0.717) is 13.1 Å². The van der Waals surface area contributed by atoms with E-state index in [1.807, 2.05) is 29.0 Å². The normalized spacial score (nSPS) is 14.5. The van der Waals surface area contributed by atoms with Crippen molar-refractivity contribution in [2.75, 3.05) is 51.3 Å². The van der Waals surface area contributed by atoms with Gasteiger partial charge in [0.25, 0.3) is 0 Å². The number of nitrogens with one attached hydrogen (secondary N) is 2. The van der Waals surface area contributed by atoms with E-state index in [4.69, 9.17) is 4.74 Å². The molecular weight excluding hydrogens is 376 g/mol. The first-order valence-electron chi connectivity index (χ1n) is 9.34. The molecule has 0 atom stereocenters. The zero-order valence-corrected chi connectivity index (χ0v) is 16.8. The minimum Gasteiger partial charge on any atom is -0.497 e. The number of anilines is 1. The SMILES string of the molecule is COc1ccc(N2CCN(CCNC(=O)C(=O)NCc3ccsc3)CC2)cc1. The van der Waals surface area contributed by atoms with Crippen LogP contribution >= 0.6 is 11.3 Å². The molecule has 2 amide bonds. The molecule has 1 fully saturated rings. The second kappa shape index (κ2) is 10.1. The van der Waals surface area contributed by atoms with Crippen molar-refractivity contribution in [3.05, 3.63) is 46.7 Å². The Morgan fingerprint density at radius 1 is 1.04 bits per heavy atom. The van der Waals surface area contributed by atoms with Gasteiger partial charge < -0.3 is 20.3 Å². The van der Waals surface area contributed by atoms with E-state index in [1.54, 1.807) is 18.4 Å². The highest BCUT2D eigenvalue weighted by Crippen LogP contribution is 2.20. The predicted molar refractivity (Wildman–Crippen MR) is 111 cm³/mol. The third-order valence-electron chi connectivity index (χ3n) is 4.76. The second-order valence-corrected chi connectivity index (χ2v) is 7.38. The summed E-state index contributed by atoms with van der Waals surface area (Å²) < 4.78 is 5.20. The molecule has 0 radical (unpaired) electrons. The summed E-state index contributed by atoms with van der Waals surface area (Å²) in [6, 6.07) is 10.0. The molecule has 1 aliphatic rings. The van der Waals surface area contributed by atoms with Crippen molar-refractivity contribution < 1.29 is 14.3 Å². The maximum atomic E-state index is 11.9. The topological polar surface area (TPSA) is 73.9 Å². The van der Waals surface area contributed by atoms with Crippen LogP contribution in [-0.2, 0) is 16.1 Å². The standard InChI is InChI=1S/C20H26N4O3S/c1-27-18-4-2-17(3-5-18)24-11-9-23(10-12-24)8-7-21-19(25)20(26)22-14-16-6-13-28-15-16/h2-6,13,15H,7-12,14H2,1H3,(H,21,25)(H,22,26). The van der Waals surface area contributed by atoms with Gasteiger partial charge in [0.05, 0.1) is 7.11 Å². The molecule has 2 heterocycles. The summed E-state index contributed by atoms with van der Waals surface area (Å²) >= 11 is 1.56. The van der Waals surface area contributed by atoms with Gasteiger partial charge in [0, 0.05) is 51.5 Å². The Morgan fingerprint density at radius 3 is 2.39 bits per heavy atom. The van der Waals surface area contributed by atoms with E-state index in [9.17, 15) is 9.59 Å². The van der Waals surface area contributed by atoms with Crippen molar-refractivity contribution in [3.63, 3.8) is 0 Å². The van der Waals surface area contributed by atoms with Crippen LogP contribution in [0.5, 0.6) is 5.75 Å². The average molecular weight is 403 g/mol. The van der Waals surface area contributed by atoms with Gasteiger partial charge in [-0.1, -0.05) is 0 Å². The quantitative estimate of drug-likeness (QED) is 0.683. The smallest absolute Gasteiger partial charge is 0.309 e. The molecule has 2 aromatic rings. The Bertz CT molecular complexity index is 756. The fourth-order valence-corrected chi connectivity index (χ4v) is 3.76. The number of amides is 2. The second-order valence-electron chi connectivity index (χ2n) is 6.60. The number of carbonyl (C=O) groups excluding carboxylic acids is 2. The molecule has 1 saturated heterocycles. The number of nitrogens with zero attached hydrogens (tertiary/aromatic N) is 2. The number of hydrogen-bond acceptors (Lipinski definition) is 6. The Balaban J connectivity index is 1.32. The lowest BCUT2D eigenvalue weighted by Crippen LogP contribution is -2.49. The van der Waals surface area contributed by atoms with Crippen LogP contribution in [-0.4, -0.2) is 63.1 Å². The summed E-state index contributed by atoms with van der Waals surface area (Å²) in [6.45, 7) is 5.29. The summed E-state index contributed by atoms with van der Waals surface area (Å²) in [5, 5.41) is 9.22. The third-order valence-corrected chi connectivity index (χ3v) is 5.49. The number of ether oxygens (including phenoxy) is 1. The molecule has 150 valence electrons. The summed E-state index contributed by atoms with van der Waals surface area (Å²) in [5.41, 5.74) is 2.19. The lowest BCUT2D eigenvalue weighted by atomic mass is 10.2. The first-order valence-corrected chi connectivity index (χ1v) is 10.3. The zero-order valence-electron chi connectivity index (χ0n) is 16.0. The molecule has 1 aromatic heterocycles. The van der Waals surface area contributed by atoms with E-state index in [-0.39, 0.29) is 0 Å². The van der Waals surface area contributed by atoms with E-state index < -0.39 is 11.8 Å². The zero-order chi connectivity index (χ0) is 19.8. The predicted octanol–water partition coefficient (Wildman–Crippen LogP) is 1.31. The maximum Gasteiger partial charge on any atom is 0.309 e. The van der Waals surface area contributed by atoms with Crippen LogP contribution in [0.3, 0.4) is 0 Å². The van der Waals surface area contributed by atoms with Gasteiger partial charge in [-0.2, -0.15) is 11.3 Å². The molecule has 8 heteroatoms. The first kappa shape index (κ1) is 20.2. The molecule has 0 aliphatic carbocycles. The van der Waals surface area contributed by atoms with Gasteiger partial charge in [0.15, 0.2) is 0 Å². The van der Waals surface area contributed by atoms with Gasteiger partial charge in [-0.3, -0.25) is 14.5 Å². The summed E-state index contributed by atoms with van der Waals surface area (Å²) in [6.07, 6.45) is 0. The van der Waals surface area contributed by atoms with Gasteiger partial charge in [0.2, 0.25) is 0 Å². The number of rotatable bonds is 7. The average Bonchev–Trinajstić information content (AvgIpc) is 3.26. The molecule has 0 unspecified atom stereocenters. The Morgan fingerprint density at radius 2 is 1.75 bits per heavy atom. The van der Waals surface area contributed by atoms with Crippen LogP contribution in [0.4, 0.5) is 5.69 Å². The maximum absolute atomic E-state index is 11.9. The van der Waals surface area contributed by atoms with E-state index in [1.165, 1.54) is 5.69 Å². The largest absolute Gasteiger partial charge is 0.497 e. The Labute approximate surface area is 169 Å². The van der Waals surface area contributed by atoms with Gasteiger partial charge in [0.1, 0.15) is 5.75 Å². The van der Waals surface area contributed by atoms with Crippen LogP contribution < -0.4 is 20.3 Å². The fourth-order valence-electron chi connectivity index (χ4n) is 3.09. The number of carbonyl (C=O) groups is 2. The highest BCUT2D eigenvalue weighted by molar-refractivity contribution is 7.07. The minimum atomic E-state index is -0.587. The molecule has 28 heavy (non-hydrogen) atoms. The van der Waals surface area contributed by atoms with Gasteiger partial charge in [-0.15, -0.1) is 0 Å². The summed E-state index contributed by atoms with van der Waals surface area (Å²) in [4.78, 5) is 28.3. The lowest BCUT2D eigenvalue weighted by Gasteiger charge is -2.36. The van der Waals surface area contributed by atoms with Crippen molar-refractivity contribution in [2.24, 2.45) is 0 Å². The lowest BCUT2D eigenvalue weighted by molar-refractivity contribution is -0.139. The van der Waals surface area contributed by atoms with E-state index >= 15 is 0 Å². The van der Waals surface area contributed by atoms with Crippen LogP contribution in [0, 0.1) is 0 Å². The first-order chi connectivity index (χ1) is 13.7. The highest BCUT2D eigenvalue weighted by atomic mass is 32.1. The van der Waals surface area contributed by atoms with Crippen molar-refractivity contribution in [1.29, 1.82) is 0 Å². The molecule has 1 aromatic carbocycles. The molecule has 0 saturated carbocycles. The van der Waals surface area contributed by atoms with Crippen LogP contribution in [0.15, 0.2) is 41.1 Å². The number of thiophene rings is 1. The summed E-state index contributed by atoms with van der Waals surface area (Å²) in [7, 11) is 1.67. The Hall–Kier alpha value is -2.58. The number of benzene rings is 1. The van der Waals surface area contributed by atoms with Crippen molar-refractivity contribution in [1.82, 2.24) is 15.5 Å².